The van der Waals surface area contributed by atoms with Crippen molar-refractivity contribution in [3.63, 3.8) is 0 Å². The number of amides is 1. The summed E-state index contributed by atoms with van der Waals surface area (Å²) < 4.78 is 26.4. The lowest BCUT2D eigenvalue weighted by molar-refractivity contribution is -0.121. The number of benzene rings is 2. The Labute approximate surface area is 162 Å². The van der Waals surface area contributed by atoms with Gasteiger partial charge >= 0.3 is 0 Å². The molecule has 0 aliphatic heterocycles. The van der Waals surface area contributed by atoms with Gasteiger partial charge < -0.3 is 19.4 Å². The summed E-state index contributed by atoms with van der Waals surface area (Å²) in [6.07, 6.45) is 3.38. The van der Waals surface area contributed by atoms with Gasteiger partial charge in [-0.15, -0.1) is 0 Å². The molecule has 0 aliphatic rings. The molecule has 3 rings (SSSR count). The molecule has 0 fully saturated rings. The van der Waals surface area contributed by atoms with Crippen LogP contribution in [-0.4, -0.2) is 29.7 Å². The van der Waals surface area contributed by atoms with Crippen molar-refractivity contribution < 1.29 is 18.7 Å². The van der Waals surface area contributed by atoms with Crippen LogP contribution in [0.25, 0.3) is 0 Å². The van der Waals surface area contributed by atoms with Crippen LogP contribution >= 0.6 is 0 Å². The zero-order valence-corrected chi connectivity index (χ0v) is 16.0. The van der Waals surface area contributed by atoms with Gasteiger partial charge in [-0.2, -0.15) is 0 Å². The van der Waals surface area contributed by atoms with Crippen LogP contribution in [0.15, 0.2) is 54.9 Å². The number of rotatable bonds is 7. The molecule has 1 N–H and O–H groups in total. The summed E-state index contributed by atoms with van der Waals surface area (Å²) in [6.45, 7) is 0. The molecular weight excluding hydrogens is 361 g/mol. The third kappa shape index (κ3) is 4.31. The van der Waals surface area contributed by atoms with Crippen LogP contribution in [0.2, 0.25) is 0 Å². The Morgan fingerprint density at radius 3 is 2.43 bits per heavy atom. The SMILES string of the molecule is COc1cc(OC)cc(C(NC(=O)Cc2ccccc2F)c2nccn2C)c1. The second-order valence-corrected chi connectivity index (χ2v) is 6.31. The van der Waals surface area contributed by atoms with Crippen molar-refractivity contribution in [2.24, 2.45) is 7.05 Å². The van der Waals surface area contributed by atoms with Crippen molar-refractivity contribution in [3.05, 3.63) is 77.6 Å². The number of nitrogens with one attached hydrogen (secondary N) is 1. The molecule has 0 bridgehead atoms. The van der Waals surface area contributed by atoms with E-state index in [4.69, 9.17) is 9.47 Å². The first-order valence-electron chi connectivity index (χ1n) is 8.74. The van der Waals surface area contributed by atoms with Crippen LogP contribution < -0.4 is 14.8 Å². The Hall–Kier alpha value is -3.35. The highest BCUT2D eigenvalue weighted by atomic mass is 19.1. The molecule has 28 heavy (non-hydrogen) atoms. The first-order valence-corrected chi connectivity index (χ1v) is 8.74. The average molecular weight is 383 g/mol. The van der Waals surface area contributed by atoms with Gasteiger partial charge in [-0.05, 0) is 29.3 Å². The van der Waals surface area contributed by atoms with Gasteiger partial charge in [-0.25, -0.2) is 9.37 Å². The second kappa shape index (κ2) is 8.56. The molecule has 1 heterocycles. The van der Waals surface area contributed by atoms with Crippen molar-refractivity contribution in [3.8, 4) is 11.5 Å². The lowest BCUT2D eigenvalue weighted by Gasteiger charge is -2.20. The standard InChI is InChI=1S/C21H22FN3O3/c1-25-9-8-23-21(25)20(15-10-16(27-2)13-17(11-15)28-3)24-19(26)12-14-6-4-5-7-18(14)22/h4-11,13,20H,12H2,1-3H3,(H,24,26). The summed E-state index contributed by atoms with van der Waals surface area (Å²) >= 11 is 0. The number of methoxy groups -OCH3 is 2. The van der Waals surface area contributed by atoms with Crippen molar-refractivity contribution in [2.75, 3.05) is 14.2 Å². The van der Waals surface area contributed by atoms with E-state index in [9.17, 15) is 9.18 Å². The van der Waals surface area contributed by atoms with Crippen LogP contribution in [0.4, 0.5) is 4.39 Å². The number of aromatic nitrogens is 2. The van der Waals surface area contributed by atoms with E-state index in [1.165, 1.54) is 6.07 Å². The van der Waals surface area contributed by atoms with Crippen LogP contribution in [0.3, 0.4) is 0 Å². The summed E-state index contributed by atoms with van der Waals surface area (Å²) in [6, 6.07) is 11.1. The second-order valence-electron chi connectivity index (χ2n) is 6.31. The predicted octanol–water partition coefficient (Wildman–Crippen LogP) is 3.02. The predicted molar refractivity (Wildman–Crippen MR) is 103 cm³/mol. The van der Waals surface area contributed by atoms with Crippen LogP contribution in [0.5, 0.6) is 11.5 Å². The molecular formula is C21H22FN3O3. The Morgan fingerprint density at radius 2 is 1.86 bits per heavy atom. The average Bonchev–Trinajstić information content (AvgIpc) is 3.13. The van der Waals surface area contributed by atoms with Gasteiger partial charge in [-0.3, -0.25) is 4.79 Å². The molecule has 146 valence electrons. The van der Waals surface area contributed by atoms with E-state index in [0.29, 0.717) is 22.9 Å². The zero-order valence-electron chi connectivity index (χ0n) is 16.0. The number of hydrogen-bond donors (Lipinski definition) is 1. The molecule has 0 saturated heterocycles. The topological polar surface area (TPSA) is 65.4 Å². The van der Waals surface area contributed by atoms with E-state index in [1.54, 1.807) is 50.9 Å². The van der Waals surface area contributed by atoms with Crippen molar-refractivity contribution >= 4 is 5.91 Å². The smallest absolute Gasteiger partial charge is 0.225 e. The number of nitrogens with zero attached hydrogens (tertiary/aromatic N) is 2. The molecule has 1 aromatic heterocycles. The number of carbonyl (C=O) groups excluding carboxylic acids is 1. The zero-order chi connectivity index (χ0) is 20.1. The molecule has 7 heteroatoms. The summed E-state index contributed by atoms with van der Waals surface area (Å²) in [7, 11) is 4.96. The fraction of sp³-hybridized carbons (Fsp3) is 0.238. The number of ether oxygens (including phenoxy) is 2. The van der Waals surface area contributed by atoms with Gasteiger partial charge in [0.1, 0.15) is 29.2 Å². The van der Waals surface area contributed by atoms with Crippen molar-refractivity contribution in [1.29, 1.82) is 0 Å². The maximum Gasteiger partial charge on any atom is 0.225 e. The first kappa shape index (κ1) is 19.4. The van der Waals surface area contributed by atoms with E-state index >= 15 is 0 Å². The fourth-order valence-corrected chi connectivity index (χ4v) is 2.98. The maximum absolute atomic E-state index is 13.9. The minimum Gasteiger partial charge on any atom is -0.497 e. The van der Waals surface area contributed by atoms with E-state index in [0.717, 1.165) is 5.56 Å². The molecule has 6 nitrogen and oxygen atoms in total. The monoisotopic (exact) mass is 383 g/mol. The maximum atomic E-state index is 13.9. The number of halogens is 1. The Kier molecular flexibility index (Phi) is 5.93. The minimum absolute atomic E-state index is 0.0747. The largest absolute Gasteiger partial charge is 0.497 e. The van der Waals surface area contributed by atoms with Crippen molar-refractivity contribution in [1.82, 2.24) is 14.9 Å². The minimum atomic E-state index is -0.553. The molecule has 2 aromatic carbocycles. The summed E-state index contributed by atoms with van der Waals surface area (Å²) in [5, 5.41) is 2.95. The van der Waals surface area contributed by atoms with E-state index in [1.807, 2.05) is 23.7 Å². The highest BCUT2D eigenvalue weighted by Gasteiger charge is 2.23. The molecule has 0 spiro atoms. The molecule has 0 saturated carbocycles. The Balaban J connectivity index is 1.94. The summed E-state index contributed by atoms with van der Waals surface area (Å²) in [5.41, 5.74) is 1.08. The summed E-state index contributed by atoms with van der Waals surface area (Å²) in [4.78, 5) is 17.1. The lowest BCUT2D eigenvalue weighted by Crippen LogP contribution is -2.32. The lowest BCUT2D eigenvalue weighted by atomic mass is 10.0. The third-order valence-electron chi connectivity index (χ3n) is 4.44. The van der Waals surface area contributed by atoms with Gasteiger partial charge in [0.25, 0.3) is 0 Å². The highest BCUT2D eigenvalue weighted by molar-refractivity contribution is 5.79. The molecule has 1 amide bonds. The highest BCUT2D eigenvalue weighted by Crippen LogP contribution is 2.29. The summed E-state index contributed by atoms with van der Waals surface area (Å²) in [5.74, 6) is 1.10. The van der Waals surface area contributed by atoms with Crippen LogP contribution in [0.1, 0.15) is 23.0 Å². The normalized spacial score (nSPS) is 11.7. The molecule has 1 atom stereocenters. The molecule has 1 unspecified atom stereocenters. The van der Waals surface area contributed by atoms with Crippen LogP contribution in [-0.2, 0) is 18.3 Å². The number of aryl methyl sites for hydroxylation is 1. The quantitative estimate of drug-likeness (QED) is 0.681. The number of carbonyl (C=O) groups is 1. The van der Waals surface area contributed by atoms with E-state index < -0.39 is 11.9 Å². The van der Waals surface area contributed by atoms with Crippen LogP contribution in [0, 0.1) is 5.82 Å². The Morgan fingerprint density at radius 1 is 1.18 bits per heavy atom. The van der Waals surface area contributed by atoms with Gasteiger partial charge in [-0.1, -0.05) is 18.2 Å². The molecule has 3 aromatic rings. The van der Waals surface area contributed by atoms with Crippen molar-refractivity contribution in [2.45, 2.75) is 12.5 Å². The van der Waals surface area contributed by atoms with Gasteiger partial charge in [0, 0.05) is 25.5 Å². The molecule has 0 aliphatic carbocycles. The first-order chi connectivity index (χ1) is 13.5. The molecule has 0 radical (unpaired) electrons. The van der Waals surface area contributed by atoms with Gasteiger partial charge in [0.2, 0.25) is 5.91 Å². The van der Waals surface area contributed by atoms with E-state index in [2.05, 4.69) is 10.3 Å². The fourth-order valence-electron chi connectivity index (χ4n) is 2.98. The van der Waals surface area contributed by atoms with Gasteiger partial charge in [0.05, 0.1) is 20.6 Å². The van der Waals surface area contributed by atoms with Gasteiger partial charge in [0.15, 0.2) is 0 Å². The number of hydrogen-bond acceptors (Lipinski definition) is 4. The van der Waals surface area contributed by atoms with E-state index in [-0.39, 0.29) is 12.3 Å². The number of imidazole rings is 1. The third-order valence-corrected chi connectivity index (χ3v) is 4.44. The Bertz CT molecular complexity index is 949.